The maximum absolute atomic E-state index is 14.6. The second-order valence-electron chi connectivity index (χ2n) is 8.57. The summed E-state index contributed by atoms with van der Waals surface area (Å²) >= 11 is 0. The number of hydrogen-bond donors (Lipinski definition) is 1. The van der Waals surface area contributed by atoms with E-state index in [2.05, 4.69) is 12.2 Å². The summed E-state index contributed by atoms with van der Waals surface area (Å²) in [5.41, 5.74) is 3.24. The standard InChI is InChI=1S/C29H33FN2O2/c1-3-4-18-31-29(34)27(19-23-13-6-5-7-14-23)32(21-25-16-10-11-17-26(25)30)28(33)20-24-15-9-8-12-22(24)2/h5-17,27H,3-4,18-21H2,1-2H3,(H,31,34)/t27-/m1/s1. The Balaban J connectivity index is 1.96. The van der Waals surface area contributed by atoms with E-state index in [1.54, 1.807) is 23.1 Å². The highest BCUT2D eigenvalue weighted by molar-refractivity contribution is 5.89. The zero-order valence-corrected chi connectivity index (χ0v) is 20.0. The van der Waals surface area contributed by atoms with Crippen LogP contribution in [0.4, 0.5) is 4.39 Å². The first-order valence-corrected chi connectivity index (χ1v) is 11.9. The van der Waals surface area contributed by atoms with Crippen molar-refractivity contribution in [2.24, 2.45) is 0 Å². The fourth-order valence-electron chi connectivity index (χ4n) is 3.94. The van der Waals surface area contributed by atoms with Gasteiger partial charge in [-0.25, -0.2) is 4.39 Å². The minimum absolute atomic E-state index is 0.0239. The maximum Gasteiger partial charge on any atom is 0.243 e. The van der Waals surface area contributed by atoms with Gasteiger partial charge in [0.15, 0.2) is 0 Å². The zero-order chi connectivity index (χ0) is 24.3. The van der Waals surface area contributed by atoms with E-state index in [4.69, 9.17) is 0 Å². The number of aryl methyl sites for hydroxylation is 1. The summed E-state index contributed by atoms with van der Waals surface area (Å²) in [6.45, 7) is 4.59. The zero-order valence-electron chi connectivity index (χ0n) is 20.0. The Kier molecular flexibility index (Phi) is 9.39. The Hall–Kier alpha value is -3.47. The van der Waals surface area contributed by atoms with Crippen molar-refractivity contribution in [1.29, 1.82) is 0 Å². The molecule has 0 spiro atoms. The fraction of sp³-hybridized carbons (Fsp3) is 0.310. The molecule has 0 aliphatic heterocycles. The van der Waals surface area contributed by atoms with Crippen molar-refractivity contribution < 1.29 is 14.0 Å². The van der Waals surface area contributed by atoms with Gasteiger partial charge in [0.2, 0.25) is 11.8 Å². The van der Waals surface area contributed by atoms with Crippen LogP contribution in [0.1, 0.15) is 42.0 Å². The van der Waals surface area contributed by atoms with E-state index in [0.29, 0.717) is 18.5 Å². The molecule has 0 unspecified atom stereocenters. The van der Waals surface area contributed by atoms with Crippen LogP contribution >= 0.6 is 0 Å². The molecule has 2 amide bonds. The molecule has 0 radical (unpaired) electrons. The van der Waals surface area contributed by atoms with Crippen LogP contribution in [0.15, 0.2) is 78.9 Å². The van der Waals surface area contributed by atoms with Gasteiger partial charge in [-0.15, -0.1) is 0 Å². The lowest BCUT2D eigenvalue weighted by Gasteiger charge is -2.32. The lowest BCUT2D eigenvalue weighted by molar-refractivity contribution is -0.140. The Morgan fingerprint density at radius 1 is 0.912 bits per heavy atom. The average molecular weight is 461 g/mol. The molecule has 178 valence electrons. The van der Waals surface area contributed by atoms with Gasteiger partial charge in [0.05, 0.1) is 6.42 Å². The van der Waals surface area contributed by atoms with Gasteiger partial charge in [0.25, 0.3) is 0 Å². The summed E-state index contributed by atoms with van der Waals surface area (Å²) in [6.07, 6.45) is 2.31. The van der Waals surface area contributed by atoms with Crippen LogP contribution in [0.25, 0.3) is 0 Å². The third kappa shape index (κ3) is 7.01. The Labute approximate surface area is 201 Å². The van der Waals surface area contributed by atoms with Gasteiger partial charge >= 0.3 is 0 Å². The number of unbranched alkanes of at least 4 members (excludes halogenated alkanes) is 1. The van der Waals surface area contributed by atoms with E-state index >= 15 is 0 Å². The monoisotopic (exact) mass is 460 g/mol. The second-order valence-corrected chi connectivity index (χ2v) is 8.57. The van der Waals surface area contributed by atoms with Crippen molar-refractivity contribution >= 4 is 11.8 Å². The van der Waals surface area contributed by atoms with Crippen molar-refractivity contribution in [3.05, 3.63) is 107 Å². The highest BCUT2D eigenvalue weighted by Crippen LogP contribution is 2.19. The van der Waals surface area contributed by atoms with Crippen LogP contribution in [0.3, 0.4) is 0 Å². The largest absolute Gasteiger partial charge is 0.354 e. The van der Waals surface area contributed by atoms with E-state index in [1.165, 1.54) is 6.07 Å². The van der Waals surface area contributed by atoms with Gasteiger partial charge in [-0.1, -0.05) is 86.1 Å². The van der Waals surface area contributed by atoms with Crippen LogP contribution in [0, 0.1) is 12.7 Å². The third-order valence-corrected chi connectivity index (χ3v) is 6.00. The number of nitrogens with one attached hydrogen (secondary N) is 1. The topological polar surface area (TPSA) is 49.4 Å². The van der Waals surface area contributed by atoms with Crippen LogP contribution in [-0.2, 0) is 29.0 Å². The molecule has 0 bridgehead atoms. The Bertz CT molecular complexity index is 1080. The van der Waals surface area contributed by atoms with E-state index in [0.717, 1.165) is 29.5 Å². The summed E-state index contributed by atoms with van der Waals surface area (Å²) in [4.78, 5) is 28.6. The molecule has 0 fully saturated rings. The number of nitrogens with zero attached hydrogens (tertiary/aromatic N) is 1. The van der Waals surface area contributed by atoms with E-state index in [1.807, 2.05) is 61.5 Å². The van der Waals surface area contributed by atoms with E-state index in [-0.39, 0.29) is 30.6 Å². The van der Waals surface area contributed by atoms with Crippen molar-refractivity contribution in [2.75, 3.05) is 6.54 Å². The molecule has 5 heteroatoms. The fourth-order valence-corrected chi connectivity index (χ4v) is 3.94. The van der Waals surface area contributed by atoms with E-state index < -0.39 is 6.04 Å². The smallest absolute Gasteiger partial charge is 0.243 e. The van der Waals surface area contributed by atoms with Gasteiger partial charge < -0.3 is 10.2 Å². The molecule has 0 saturated carbocycles. The molecule has 34 heavy (non-hydrogen) atoms. The lowest BCUT2D eigenvalue weighted by atomic mass is 10.00. The lowest BCUT2D eigenvalue weighted by Crippen LogP contribution is -2.51. The quantitative estimate of drug-likeness (QED) is 0.398. The number of amides is 2. The van der Waals surface area contributed by atoms with Gasteiger partial charge in [0.1, 0.15) is 11.9 Å². The van der Waals surface area contributed by atoms with Crippen LogP contribution in [0.5, 0.6) is 0 Å². The number of benzene rings is 3. The molecule has 3 rings (SSSR count). The molecule has 0 aromatic heterocycles. The van der Waals surface area contributed by atoms with Gasteiger partial charge in [-0.2, -0.15) is 0 Å². The number of rotatable bonds is 11. The minimum atomic E-state index is -0.754. The van der Waals surface area contributed by atoms with Crippen LogP contribution < -0.4 is 5.32 Å². The van der Waals surface area contributed by atoms with Crippen LogP contribution in [0.2, 0.25) is 0 Å². The molecule has 3 aromatic carbocycles. The number of carbonyl (C=O) groups is 2. The van der Waals surface area contributed by atoms with Crippen molar-refractivity contribution in [3.8, 4) is 0 Å². The summed E-state index contributed by atoms with van der Waals surface area (Å²) in [6, 6.07) is 23.0. The highest BCUT2D eigenvalue weighted by atomic mass is 19.1. The molecule has 0 aliphatic rings. The summed E-state index contributed by atoms with van der Waals surface area (Å²) in [5, 5.41) is 2.99. The molecule has 3 aromatic rings. The minimum Gasteiger partial charge on any atom is -0.354 e. The third-order valence-electron chi connectivity index (χ3n) is 6.00. The molecule has 1 N–H and O–H groups in total. The number of halogens is 1. The molecule has 4 nitrogen and oxygen atoms in total. The van der Waals surface area contributed by atoms with Gasteiger partial charge in [-0.05, 0) is 36.1 Å². The normalized spacial score (nSPS) is 11.6. The van der Waals surface area contributed by atoms with Crippen molar-refractivity contribution in [1.82, 2.24) is 10.2 Å². The predicted molar refractivity (Wildman–Crippen MR) is 134 cm³/mol. The average Bonchev–Trinajstić information content (AvgIpc) is 2.84. The van der Waals surface area contributed by atoms with Gasteiger partial charge in [-0.3, -0.25) is 9.59 Å². The molecule has 0 aliphatic carbocycles. The van der Waals surface area contributed by atoms with Crippen molar-refractivity contribution in [3.63, 3.8) is 0 Å². The number of carbonyl (C=O) groups excluding carboxylic acids is 2. The summed E-state index contributed by atoms with van der Waals surface area (Å²) < 4.78 is 14.6. The first kappa shape index (κ1) is 25.2. The summed E-state index contributed by atoms with van der Waals surface area (Å²) in [7, 11) is 0. The predicted octanol–water partition coefficient (Wildman–Crippen LogP) is 5.23. The molecule has 1 atom stereocenters. The van der Waals surface area contributed by atoms with Gasteiger partial charge in [0, 0.05) is 25.1 Å². The number of hydrogen-bond acceptors (Lipinski definition) is 2. The Morgan fingerprint density at radius 3 is 2.24 bits per heavy atom. The Morgan fingerprint density at radius 2 is 1.56 bits per heavy atom. The molecular formula is C29H33FN2O2. The summed E-state index contributed by atoms with van der Waals surface area (Å²) in [5.74, 6) is -0.808. The highest BCUT2D eigenvalue weighted by Gasteiger charge is 2.31. The molecule has 0 saturated heterocycles. The van der Waals surface area contributed by atoms with Crippen molar-refractivity contribution in [2.45, 2.75) is 52.1 Å². The SMILES string of the molecule is CCCCNC(=O)[C@@H](Cc1ccccc1)N(Cc1ccccc1F)C(=O)Cc1ccccc1C. The van der Waals surface area contributed by atoms with E-state index in [9.17, 15) is 14.0 Å². The maximum atomic E-state index is 14.6. The van der Waals surface area contributed by atoms with Crippen LogP contribution in [-0.4, -0.2) is 29.3 Å². The first-order valence-electron chi connectivity index (χ1n) is 11.9. The first-order chi connectivity index (χ1) is 16.5. The molecule has 0 heterocycles. The second kappa shape index (κ2) is 12.7. The molecular weight excluding hydrogens is 427 g/mol.